The highest BCUT2D eigenvalue weighted by Crippen LogP contribution is 2.51. The molecule has 0 unspecified atom stereocenters. The Morgan fingerprint density at radius 2 is 1.63 bits per heavy atom. The summed E-state index contributed by atoms with van der Waals surface area (Å²) in [5.74, 6) is 0. The molecule has 0 aromatic heterocycles. The molecule has 0 saturated carbocycles. The van der Waals surface area contributed by atoms with Crippen LogP contribution in [0.5, 0.6) is 0 Å². The summed E-state index contributed by atoms with van der Waals surface area (Å²) in [7, 11) is -9.48. The third-order valence-electron chi connectivity index (χ3n) is 6.38. The van der Waals surface area contributed by atoms with Crippen LogP contribution in [-0.4, -0.2) is 32.5 Å². The number of allylic oxidation sites excluding steroid dienone is 6. The number of rotatable bonds is 9. The van der Waals surface area contributed by atoms with Crippen molar-refractivity contribution < 1.29 is 25.9 Å². The van der Waals surface area contributed by atoms with Crippen LogP contribution < -0.4 is 4.90 Å². The molecule has 1 aliphatic heterocycles. The van der Waals surface area contributed by atoms with Crippen LogP contribution in [0.25, 0.3) is 10.8 Å². The minimum absolute atomic E-state index is 0.198. The molecular formula is C26H33NO6S2. The van der Waals surface area contributed by atoms with Crippen LogP contribution in [-0.2, 0) is 25.7 Å². The molecule has 190 valence electrons. The summed E-state index contributed by atoms with van der Waals surface area (Å²) in [5.41, 5.74) is 1.96. The van der Waals surface area contributed by atoms with Crippen molar-refractivity contribution in [2.45, 2.75) is 68.6 Å². The lowest BCUT2D eigenvalue weighted by Crippen LogP contribution is -2.27. The summed E-state index contributed by atoms with van der Waals surface area (Å²) >= 11 is 0. The fourth-order valence-electron chi connectivity index (χ4n) is 4.76. The number of unbranched alkanes of at least 4 members (excludes halogenated alkanes) is 3. The van der Waals surface area contributed by atoms with Gasteiger partial charge in [0.05, 0.1) is 4.90 Å². The summed E-state index contributed by atoms with van der Waals surface area (Å²) in [4.78, 5) is 1.06. The normalized spacial score (nSPS) is 17.3. The first-order chi connectivity index (χ1) is 16.3. The standard InChI is InChI=1S/C26H33NO6S2/c1-5-7-9-11-13-24-26(3,4)25-21-17-19(34(28,29)30)18-23(35(31,32)33)20(21)14-15-22(25)27(24)16-12-10-8-6-2/h5,7,9,11,13-15,17-18H,6,8,10,12,16H2,1-4H3,(H,28,29,30)(H,31,32,33)/b7-5+,11-9+,24-13+. The largest absolute Gasteiger partial charge is 0.344 e. The van der Waals surface area contributed by atoms with Gasteiger partial charge in [-0.05, 0) is 48.6 Å². The average Bonchev–Trinajstić information content (AvgIpc) is 2.98. The van der Waals surface area contributed by atoms with Crippen molar-refractivity contribution >= 4 is 36.7 Å². The van der Waals surface area contributed by atoms with E-state index in [1.54, 1.807) is 6.07 Å². The number of nitrogens with zero attached hydrogens (tertiary/aromatic N) is 1. The Morgan fingerprint density at radius 1 is 0.914 bits per heavy atom. The predicted molar refractivity (Wildman–Crippen MR) is 140 cm³/mol. The predicted octanol–water partition coefficient (Wildman–Crippen LogP) is 6.03. The average molecular weight is 520 g/mol. The van der Waals surface area contributed by atoms with Crippen LogP contribution >= 0.6 is 0 Å². The van der Waals surface area contributed by atoms with E-state index in [2.05, 4.69) is 11.8 Å². The van der Waals surface area contributed by atoms with Gasteiger partial charge in [-0.15, -0.1) is 0 Å². The molecular weight excluding hydrogens is 486 g/mol. The van der Waals surface area contributed by atoms with Gasteiger partial charge in [0.1, 0.15) is 4.90 Å². The van der Waals surface area contributed by atoms with Gasteiger partial charge in [0.2, 0.25) is 0 Å². The van der Waals surface area contributed by atoms with E-state index in [0.29, 0.717) is 5.39 Å². The van der Waals surface area contributed by atoms with Gasteiger partial charge in [-0.2, -0.15) is 16.8 Å². The van der Waals surface area contributed by atoms with Crippen molar-refractivity contribution in [2.75, 3.05) is 11.4 Å². The number of benzene rings is 2. The molecule has 35 heavy (non-hydrogen) atoms. The highest BCUT2D eigenvalue weighted by molar-refractivity contribution is 7.86. The van der Waals surface area contributed by atoms with Crippen molar-refractivity contribution in [1.82, 2.24) is 0 Å². The molecule has 0 fully saturated rings. The first-order valence-electron chi connectivity index (χ1n) is 11.7. The molecule has 2 aromatic carbocycles. The first-order valence-corrected chi connectivity index (χ1v) is 14.6. The Labute approximate surface area is 208 Å². The van der Waals surface area contributed by atoms with Crippen molar-refractivity contribution in [3.8, 4) is 0 Å². The highest BCUT2D eigenvalue weighted by atomic mass is 32.2. The van der Waals surface area contributed by atoms with Gasteiger partial charge in [-0.1, -0.05) is 70.4 Å². The maximum atomic E-state index is 12.2. The summed E-state index contributed by atoms with van der Waals surface area (Å²) in [6.07, 6.45) is 14.0. The van der Waals surface area contributed by atoms with Gasteiger partial charge in [0, 0.05) is 28.7 Å². The third kappa shape index (κ3) is 5.53. The van der Waals surface area contributed by atoms with Gasteiger partial charge in [-0.25, -0.2) is 0 Å². The van der Waals surface area contributed by atoms with Gasteiger partial charge >= 0.3 is 0 Å². The van der Waals surface area contributed by atoms with Crippen molar-refractivity contribution in [3.63, 3.8) is 0 Å². The van der Waals surface area contributed by atoms with Crippen LogP contribution in [0.3, 0.4) is 0 Å². The summed E-state index contributed by atoms with van der Waals surface area (Å²) in [5, 5.41) is 0.554. The van der Waals surface area contributed by atoms with Gasteiger partial charge in [0.15, 0.2) is 0 Å². The van der Waals surface area contributed by atoms with E-state index < -0.39 is 35.4 Å². The zero-order chi connectivity index (χ0) is 26.0. The maximum Gasteiger partial charge on any atom is 0.295 e. The smallest absolute Gasteiger partial charge is 0.295 e. The van der Waals surface area contributed by atoms with E-state index >= 15 is 0 Å². The van der Waals surface area contributed by atoms with Crippen molar-refractivity contribution in [2.24, 2.45) is 0 Å². The lowest BCUT2D eigenvalue weighted by molar-refractivity contribution is 0.482. The molecule has 2 N–H and O–H groups in total. The molecule has 1 heterocycles. The Bertz CT molecular complexity index is 1420. The second kappa shape index (κ2) is 10.3. The zero-order valence-corrected chi connectivity index (χ0v) is 22.2. The Hall–Kier alpha value is -2.46. The number of anilines is 1. The molecule has 0 spiro atoms. The van der Waals surface area contributed by atoms with E-state index in [9.17, 15) is 25.9 Å². The van der Waals surface area contributed by atoms with E-state index in [-0.39, 0.29) is 5.39 Å². The maximum absolute atomic E-state index is 12.2. The molecule has 0 bridgehead atoms. The second-order valence-electron chi connectivity index (χ2n) is 9.23. The van der Waals surface area contributed by atoms with E-state index in [0.717, 1.165) is 55.2 Å². The molecule has 7 nitrogen and oxygen atoms in total. The van der Waals surface area contributed by atoms with Crippen LogP contribution in [0, 0.1) is 0 Å². The molecule has 0 atom stereocenters. The SMILES string of the molecule is C/C=C/C=C/C=C1/N(CCCCCC)c2ccc3c(S(=O)(=O)O)cc(S(=O)(=O)O)cc3c2C1(C)C. The molecule has 0 saturated heterocycles. The minimum Gasteiger partial charge on any atom is -0.344 e. The highest BCUT2D eigenvalue weighted by Gasteiger charge is 2.41. The Balaban J connectivity index is 2.35. The zero-order valence-electron chi connectivity index (χ0n) is 20.5. The number of hydrogen-bond donors (Lipinski definition) is 2. The second-order valence-corrected chi connectivity index (χ2v) is 12.0. The summed E-state index contributed by atoms with van der Waals surface area (Å²) in [6, 6.07) is 5.48. The minimum atomic E-state index is -4.76. The fourth-order valence-corrected chi connectivity index (χ4v) is 6.10. The monoisotopic (exact) mass is 519 g/mol. The van der Waals surface area contributed by atoms with Gasteiger partial charge in [-0.3, -0.25) is 9.11 Å². The fraction of sp³-hybridized carbons (Fsp3) is 0.385. The molecule has 0 aliphatic carbocycles. The molecule has 9 heteroatoms. The quantitative estimate of drug-likeness (QED) is 0.236. The Kier molecular flexibility index (Phi) is 7.96. The van der Waals surface area contributed by atoms with Crippen molar-refractivity contribution in [3.05, 3.63) is 65.9 Å². The summed E-state index contributed by atoms with van der Waals surface area (Å²) < 4.78 is 67.9. The molecule has 0 amide bonds. The van der Waals surface area contributed by atoms with Crippen LogP contribution in [0.1, 0.15) is 58.9 Å². The van der Waals surface area contributed by atoms with E-state index in [4.69, 9.17) is 0 Å². The third-order valence-corrected chi connectivity index (χ3v) is 8.10. The van der Waals surface area contributed by atoms with Gasteiger partial charge in [0.25, 0.3) is 20.2 Å². The topological polar surface area (TPSA) is 112 Å². The van der Waals surface area contributed by atoms with E-state index in [1.807, 2.05) is 57.2 Å². The van der Waals surface area contributed by atoms with Crippen molar-refractivity contribution in [1.29, 1.82) is 0 Å². The summed E-state index contributed by atoms with van der Waals surface area (Å²) in [6.45, 7) is 8.82. The first kappa shape index (κ1) is 27.1. The Morgan fingerprint density at radius 3 is 2.23 bits per heavy atom. The number of fused-ring (bicyclic) bond motifs is 3. The van der Waals surface area contributed by atoms with Crippen LogP contribution in [0.15, 0.2) is 70.1 Å². The molecule has 0 radical (unpaired) electrons. The molecule has 2 aromatic rings. The van der Waals surface area contributed by atoms with Crippen LogP contribution in [0.2, 0.25) is 0 Å². The lowest BCUT2D eigenvalue weighted by Gasteiger charge is -2.27. The van der Waals surface area contributed by atoms with Crippen LogP contribution in [0.4, 0.5) is 5.69 Å². The van der Waals surface area contributed by atoms with Gasteiger partial charge < -0.3 is 4.90 Å². The molecule has 3 rings (SSSR count). The van der Waals surface area contributed by atoms with E-state index in [1.165, 1.54) is 6.07 Å². The molecule has 1 aliphatic rings. The number of hydrogen-bond acceptors (Lipinski definition) is 5. The lowest BCUT2D eigenvalue weighted by atomic mass is 9.81.